The van der Waals surface area contributed by atoms with E-state index in [1.54, 1.807) is 17.8 Å². The van der Waals surface area contributed by atoms with Gasteiger partial charge in [0.05, 0.1) is 23.3 Å². The van der Waals surface area contributed by atoms with Crippen LogP contribution in [0, 0.1) is 6.92 Å². The highest BCUT2D eigenvalue weighted by atomic mass is 16.2. The highest BCUT2D eigenvalue weighted by Crippen LogP contribution is 2.10. The number of para-hydroxylation sites is 2. The summed E-state index contributed by atoms with van der Waals surface area (Å²) in [6, 6.07) is 9.53. The number of nitrogens with one attached hydrogen (secondary N) is 2. The molecule has 2 heterocycles. The SMILES string of the molecule is Cc1cc(C(=O)NCc2nc3ccccc3[nH]2)n(C)n1. The van der Waals surface area contributed by atoms with E-state index in [1.165, 1.54) is 0 Å². The normalized spacial score (nSPS) is 10.9. The Kier molecular flexibility index (Phi) is 2.98. The van der Waals surface area contributed by atoms with E-state index in [2.05, 4.69) is 20.4 Å². The topological polar surface area (TPSA) is 75.6 Å². The van der Waals surface area contributed by atoms with Crippen molar-refractivity contribution in [3.05, 3.63) is 47.5 Å². The smallest absolute Gasteiger partial charge is 0.269 e. The Morgan fingerprint density at radius 2 is 2.20 bits per heavy atom. The van der Waals surface area contributed by atoms with Gasteiger partial charge >= 0.3 is 0 Å². The average molecular weight is 269 g/mol. The second kappa shape index (κ2) is 4.80. The zero-order valence-corrected chi connectivity index (χ0v) is 11.3. The van der Waals surface area contributed by atoms with Crippen LogP contribution in [0.3, 0.4) is 0 Å². The van der Waals surface area contributed by atoms with E-state index < -0.39 is 0 Å². The number of aromatic nitrogens is 4. The Balaban J connectivity index is 1.73. The molecular weight excluding hydrogens is 254 g/mol. The van der Waals surface area contributed by atoms with Crippen molar-refractivity contribution in [1.29, 1.82) is 0 Å². The van der Waals surface area contributed by atoms with Gasteiger partial charge in [-0.05, 0) is 25.1 Å². The Morgan fingerprint density at radius 3 is 2.90 bits per heavy atom. The molecule has 6 nitrogen and oxygen atoms in total. The Hall–Kier alpha value is -2.63. The van der Waals surface area contributed by atoms with E-state index in [4.69, 9.17) is 0 Å². The van der Waals surface area contributed by atoms with Gasteiger partial charge < -0.3 is 10.3 Å². The van der Waals surface area contributed by atoms with Gasteiger partial charge in [-0.15, -0.1) is 0 Å². The summed E-state index contributed by atoms with van der Waals surface area (Å²) in [6.45, 7) is 2.22. The zero-order chi connectivity index (χ0) is 14.1. The number of carbonyl (C=O) groups excluding carboxylic acids is 1. The molecule has 0 unspecified atom stereocenters. The molecule has 0 aliphatic carbocycles. The second-order valence-electron chi connectivity index (χ2n) is 4.68. The average Bonchev–Trinajstić information content (AvgIpc) is 2.98. The molecule has 0 radical (unpaired) electrons. The van der Waals surface area contributed by atoms with Crippen LogP contribution in [0.4, 0.5) is 0 Å². The highest BCUT2D eigenvalue weighted by molar-refractivity contribution is 5.92. The molecule has 3 aromatic rings. The van der Waals surface area contributed by atoms with Crippen molar-refractivity contribution in [2.24, 2.45) is 7.05 Å². The van der Waals surface area contributed by atoms with Gasteiger partial charge in [-0.1, -0.05) is 12.1 Å². The minimum absolute atomic E-state index is 0.159. The lowest BCUT2D eigenvalue weighted by atomic mass is 10.3. The lowest BCUT2D eigenvalue weighted by Crippen LogP contribution is -2.25. The van der Waals surface area contributed by atoms with Crippen LogP contribution in [-0.2, 0) is 13.6 Å². The van der Waals surface area contributed by atoms with Crippen LogP contribution >= 0.6 is 0 Å². The fourth-order valence-corrected chi connectivity index (χ4v) is 2.17. The molecule has 0 fully saturated rings. The van der Waals surface area contributed by atoms with E-state index in [0.29, 0.717) is 12.2 Å². The number of fused-ring (bicyclic) bond motifs is 1. The van der Waals surface area contributed by atoms with E-state index in [0.717, 1.165) is 22.6 Å². The van der Waals surface area contributed by atoms with Crippen LogP contribution in [0.2, 0.25) is 0 Å². The van der Waals surface area contributed by atoms with Crippen LogP contribution in [0.1, 0.15) is 22.0 Å². The summed E-state index contributed by atoms with van der Waals surface area (Å²) in [5.74, 6) is 0.576. The number of hydrogen-bond donors (Lipinski definition) is 2. The highest BCUT2D eigenvalue weighted by Gasteiger charge is 2.12. The molecule has 0 saturated heterocycles. The minimum Gasteiger partial charge on any atom is -0.343 e. The van der Waals surface area contributed by atoms with E-state index in [-0.39, 0.29) is 5.91 Å². The lowest BCUT2D eigenvalue weighted by Gasteiger charge is -2.02. The van der Waals surface area contributed by atoms with Gasteiger partial charge in [-0.2, -0.15) is 5.10 Å². The molecule has 0 atom stereocenters. The number of rotatable bonds is 3. The molecule has 20 heavy (non-hydrogen) atoms. The van der Waals surface area contributed by atoms with Gasteiger partial charge in [0.25, 0.3) is 5.91 Å². The molecular formula is C14H15N5O. The largest absolute Gasteiger partial charge is 0.343 e. The van der Waals surface area contributed by atoms with Crippen molar-refractivity contribution >= 4 is 16.9 Å². The number of aryl methyl sites for hydroxylation is 2. The standard InChI is InChI=1S/C14H15N5O/c1-9-7-12(19(2)18-9)14(20)15-8-13-16-10-5-3-4-6-11(10)17-13/h3-7H,8H2,1-2H3,(H,15,20)(H,16,17). The summed E-state index contributed by atoms with van der Waals surface area (Å²) in [7, 11) is 1.75. The van der Waals surface area contributed by atoms with Crippen molar-refractivity contribution in [3.8, 4) is 0 Å². The number of H-pyrrole nitrogens is 1. The fraction of sp³-hybridized carbons (Fsp3) is 0.214. The van der Waals surface area contributed by atoms with Crippen LogP contribution in [0.5, 0.6) is 0 Å². The van der Waals surface area contributed by atoms with Crippen LogP contribution in [-0.4, -0.2) is 25.7 Å². The van der Waals surface area contributed by atoms with Gasteiger partial charge in [-0.3, -0.25) is 9.48 Å². The molecule has 3 rings (SSSR count). The van der Waals surface area contributed by atoms with Gasteiger partial charge in [0, 0.05) is 7.05 Å². The zero-order valence-electron chi connectivity index (χ0n) is 11.3. The van der Waals surface area contributed by atoms with Crippen molar-refractivity contribution in [2.75, 3.05) is 0 Å². The maximum Gasteiger partial charge on any atom is 0.269 e. The summed E-state index contributed by atoms with van der Waals surface area (Å²) in [6.07, 6.45) is 0. The molecule has 0 bridgehead atoms. The molecule has 0 aliphatic rings. The second-order valence-corrected chi connectivity index (χ2v) is 4.68. The van der Waals surface area contributed by atoms with Crippen molar-refractivity contribution < 1.29 is 4.79 Å². The quantitative estimate of drug-likeness (QED) is 0.757. The van der Waals surface area contributed by atoms with E-state index >= 15 is 0 Å². The van der Waals surface area contributed by atoms with Gasteiger partial charge in [0.2, 0.25) is 0 Å². The Labute approximate surface area is 115 Å². The summed E-state index contributed by atoms with van der Waals surface area (Å²) < 4.78 is 1.57. The predicted octanol–water partition coefficient (Wildman–Crippen LogP) is 1.53. The van der Waals surface area contributed by atoms with Gasteiger partial charge in [0.1, 0.15) is 11.5 Å². The van der Waals surface area contributed by atoms with Crippen molar-refractivity contribution in [3.63, 3.8) is 0 Å². The van der Waals surface area contributed by atoms with Crippen molar-refractivity contribution in [2.45, 2.75) is 13.5 Å². The lowest BCUT2D eigenvalue weighted by molar-refractivity contribution is 0.0940. The molecule has 0 spiro atoms. The number of nitrogens with zero attached hydrogens (tertiary/aromatic N) is 3. The third kappa shape index (κ3) is 2.27. The first kappa shape index (κ1) is 12.4. The molecule has 1 amide bonds. The van der Waals surface area contributed by atoms with Crippen molar-refractivity contribution in [1.82, 2.24) is 25.1 Å². The monoisotopic (exact) mass is 269 g/mol. The molecule has 2 aromatic heterocycles. The summed E-state index contributed by atoms with van der Waals surface area (Å²) in [5.41, 5.74) is 3.22. The summed E-state index contributed by atoms with van der Waals surface area (Å²) in [5, 5.41) is 6.99. The predicted molar refractivity (Wildman–Crippen MR) is 75.2 cm³/mol. The number of carbonyl (C=O) groups is 1. The molecule has 0 aliphatic heterocycles. The molecule has 6 heteroatoms. The van der Waals surface area contributed by atoms with Crippen LogP contribution in [0.15, 0.2) is 30.3 Å². The van der Waals surface area contributed by atoms with Gasteiger partial charge in [-0.25, -0.2) is 4.98 Å². The van der Waals surface area contributed by atoms with E-state index in [1.807, 2.05) is 31.2 Å². The van der Waals surface area contributed by atoms with Crippen LogP contribution in [0.25, 0.3) is 11.0 Å². The third-order valence-corrected chi connectivity index (χ3v) is 3.09. The Bertz CT molecular complexity index is 738. The maximum absolute atomic E-state index is 12.1. The van der Waals surface area contributed by atoms with E-state index in [9.17, 15) is 4.79 Å². The summed E-state index contributed by atoms with van der Waals surface area (Å²) >= 11 is 0. The third-order valence-electron chi connectivity index (χ3n) is 3.09. The molecule has 1 aromatic carbocycles. The molecule has 2 N–H and O–H groups in total. The number of aromatic amines is 1. The Morgan fingerprint density at radius 1 is 1.40 bits per heavy atom. The summed E-state index contributed by atoms with van der Waals surface area (Å²) in [4.78, 5) is 19.6. The first-order chi connectivity index (χ1) is 9.63. The number of imidazole rings is 1. The first-order valence-electron chi connectivity index (χ1n) is 6.36. The number of hydrogen-bond acceptors (Lipinski definition) is 3. The number of amides is 1. The number of benzene rings is 1. The minimum atomic E-state index is -0.159. The maximum atomic E-state index is 12.1. The molecule has 102 valence electrons. The van der Waals surface area contributed by atoms with Crippen LogP contribution < -0.4 is 5.32 Å². The fourth-order valence-electron chi connectivity index (χ4n) is 2.17. The molecule has 0 saturated carbocycles. The first-order valence-corrected chi connectivity index (χ1v) is 6.36. The van der Waals surface area contributed by atoms with Gasteiger partial charge in [0.15, 0.2) is 0 Å².